The normalized spacial score (nSPS) is 12.8. The van der Waals surface area contributed by atoms with Gasteiger partial charge in [-0.15, -0.1) is 0 Å². The summed E-state index contributed by atoms with van der Waals surface area (Å²) in [5, 5.41) is 3.42. The maximum absolute atomic E-state index is 4.35. The lowest BCUT2D eigenvalue weighted by Gasteiger charge is -2.23. The molecule has 16 heavy (non-hydrogen) atoms. The molecule has 0 saturated carbocycles. The quantitative estimate of drug-likeness (QED) is 0.800. The lowest BCUT2D eigenvalue weighted by molar-refractivity contribution is 0.294. The molecule has 0 aliphatic rings. The van der Waals surface area contributed by atoms with E-state index < -0.39 is 0 Å². The van der Waals surface area contributed by atoms with Crippen molar-refractivity contribution in [2.45, 2.75) is 33.7 Å². The molecule has 1 N–H and O–H groups in total. The molecule has 0 amide bonds. The zero-order valence-electron chi connectivity index (χ0n) is 10.8. The second-order valence-corrected chi connectivity index (χ2v) is 4.25. The van der Waals surface area contributed by atoms with Crippen molar-refractivity contribution in [1.82, 2.24) is 9.88 Å². The lowest BCUT2D eigenvalue weighted by Crippen LogP contribution is -2.34. The Labute approximate surface area is 98.9 Å². The maximum Gasteiger partial charge on any atom is 0.126 e. The second-order valence-electron chi connectivity index (χ2n) is 4.25. The summed E-state index contributed by atoms with van der Waals surface area (Å²) in [6.07, 6.45) is 1.90. The van der Waals surface area contributed by atoms with E-state index in [-0.39, 0.29) is 0 Å². The van der Waals surface area contributed by atoms with Gasteiger partial charge in [0.25, 0.3) is 0 Å². The highest BCUT2D eigenvalue weighted by molar-refractivity contribution is 5.36. The van der Waals surface area contributed by atoms with Crippen molar-refractivity contribution in [1.29, 1.82) is 0 Å². The van der Waals surface area contributed by atoms with Crippen LogP contribution in [0.4, 0.5) is 5.82 Å². The Morgan fingerprint density at radius 1 is 1.31 bits per heavy atom. The number of hydrogen-bond donors (Lipinski definition) is 1. The van der Waals surface area contributed by atoms with Gasteiger partial charge in [0.15, 0.2) is 0 Å². The van der Waals surface area contributed by atoms with Crippen LogP contribution in [0.3, 0.4) is 0 Å². The largest absolute Gasteiger partial charge is 0.366 e. The number of rotatable bonds is 6. The molecule has 0 fully saturated rings. The molecule has 0 aromatic carbocycles. The molecular formula is C13H23N3. The van der Waals surface area contributed by atoms with Crippen molar-refractivity contribution in [3.05, 3.63) is 23.9 Å². The van der Waals surface area contributed by atoms with Crippen LogP contribution in [0, 0.1) is 6.92 Å². The molecule has 1 rings (SSSR count). The van der Waals surface area contributed by atoms with Gasteiger partial charge >= 0.3 is 0 Å². The van der Waals surface area contributed by atoms with E-state index in [4.69, 9.17) is 0 Å². The SMILES string of the molecule is CCN(CC)CC(C)Nc1ccc(C)cn1. The highest BCUT2D eigenvalue weighted by Crippen LogP contribution is 2.06. The molecule has 0 aliphatic heterocycles. The van der Waals surface area contributed by atoms with E-state index in [0.29, 0.717) is 6.04 Å². The van der Waals surface area contributed by atoms with Crippen LogP contribution in [-0.4, -0.2) is 35.6 Å². The predicted octanol–water partition coefficient (Wildman–Crippen LogP) is 2.53. The fraction of sp³-hybridized carbons (Fsp3) is 0.615. The summed E-state index contributed by atoms with van der Waals surface area (Å²) in [6.45, 7) is 11.9. The Hall–Kier alpha value is -1.09. The minimum Gasteiger partial charge on any atom is -0.366 e. The number of nitrogens with one attached hydrogen (secondary N) is 1. The number of hydrogen-bond acceptors (Lipinski definition) is 3. The number of aromatic nitrogens is 1. The van der Waals surface area contributed by atoms with Gasteiger partial charge in [-0.05, 0) is 38.6 Å². The minimum absolute atomic E-state index is 0.426. The fourth-order valence-corrected chi connectivity index (χ4v) is 1.72. The van der Waals surface area contributed by atoms with Crippen LogP contribution in [0.2, 0.25) is 0 Å². The molecule has 0 bridgehead atoms. The Bertz CT molecular complexity index is 291. The molecule has 1 unspecified atom stereocenters. The van der Waals surface area contributed by atoms with Gasteiger partial charge < -0.3 is 10.2 Å². The Balaban J connectivity index is 2.44. The third-order valence-corrected chi connectivity index (χ3v) is 2.73. The Morgan fingerprint density at radius 3 is 2.50 bits per heavy atom. The summed E-state index contributed by atoms with van der Waals surface area (Å²) in [4.78, 5) is 6.76. The van der Waals surface area contributed by atoms with Gasteiger partial charge in [0, 0.05) is 18.8 Å². The van der Waals surface area contributed by atoms with Gasteiger partial charge in [-0.1, -0.05) is 19.9 Å². The van der Waals surface area contributed by atoms with E-state index in [1.54, 1.807) is 0 Å². The maximum atomic E-state index is 4.35. The summed E-state index contributed by atoms with van der Waals surface area (Å²) in [5.41, 5.74) is 1.20. The van der Waals surface area contributed by atoms with Crippen molar-refractivity contribution in [3.8, 4) is 0 Å². The average molecular weight is 221 g/mol. The van der Waals surface area contributed by atoms with E-state index in [9.17, 15) is 0 Å². The summed E-state index contributed by atoms with van der Waals surface area (Å²) >= 11 is 0. The molecule has 0 spiro atoms. The van der Waals surface area contributed by atoms with Crippen LogP contribution in [0.5, 0.6) is 0 Å². The van der Waals surface area contributed by atoms with E-state index in [2.05, 4.69) is 49.0 Å². The number of likely N-dealkylation sites (N-methyl/N-ethyl adjacent to an activating group) is 1. The fourth-order valence-electron chi connectivity index (χ4n) is 1.72. The van der Waals surface area contributed by atoms with Crippen molar-refractivity contribution in [3.63, 3.8) is 0 Å². The van der Waals surface area contributed by atoms with Crippen LogP contribution < -0.4 is 5.32 Å². The summed E-state index contributed by atoms with van der Waals surface area (Å²) in [5.74, 6) is 0.963. The standard InChI is InChI=1S/C13H23N3/c1-5-16(6-2)10-12(4)15-13-8-7-11(3)9-14-13/h7-9,12H,5-6,10H2,1-4H3,(H,14,15). The van der Waals surface area contributed by atoms with Crippen LogP contribution in [-0.2, 0) is 0 Å². The van der Waals surface area contributed by atoms with E-state index in [1.807, 2.05) is 12.3 Å². The molecule has 0 aliphatic carbocycles. The first-order valence-electron chi connectivity index (χ1n) is 6.07. The molecule has 3 heteroatoms. The number of aryl methyl sites for hydroxylation is 1. The van der Waals surface area contributed by atoms with Crippen LogP contribution in [0.15, 0.2) is 18.3 Å². The number of pyridine rings is 1. The van der Waals surface area contributed by atoms with Crippen LogP contribution in [0.25, 0.3) is 0 Å². The van der Waals surface area contributed by atoms with Crippen LogP contribution >= 0.6 is 0 Å². The molecule has 1 aromatic rings. The average Bonchev–Trinajstić information content (AvgIpc) is 2.29. The minimum atomic E-state index is 0.426. The second kappa shape index (κ2) is 6.48. The van der Waals surface area contributed by atoms with E-state index >= 15 is 0 Å². The molecule has 90 valence electrons. The number of anilines is 1. The van der Waals surface area contributed by atoms with E-state index in [1.165, 1.54) is 5.56 Å². The predicted molar refractivity (Wildman–Crippen MR) is 69.8 cm³/mol. The molecule has 3 nitrogen and oxygen atoms in total. The van der Waals surface area contributed by atoms with Gasteiger partial charge in [0.1, 0.15) is 5.82 Å². The molecule has 1 aromatic heterocycles. The van der Waals surface area contributed by atoms with Gasteiger partial charge in [-0.25, -0.2) is 4.98 Å². The monoisotopic (exact) mass is 221 g/mol. The van der Waals surface area contributed by atoms with Gasteiger partial charge in [-0.2, -0.15) is 0 Å². The summed E-state index contributed by atoms with van der Waals surface area (Å²) in [7, 11) is 0. The van der Waals surface area contributed by atoms with Crippen molar-refractivity contribution in [2.24, 2.45) is 0 Å². The van der Waals surface area contributed by atoms with Gasteiger partial charge in [-0.3, -0.25) is 0 Å². The summed E-state index contributed by atoms with van der Waals surface area (Å²) < 4.78 is 0. The topological polar surface area (TPSA) is 28.2 Å². The van der Waals surface area contributed by atoms with Crippen LogP contribution in [0.1, 0.15) is 26.3 Å². The van der Waals surface area contributed by atoms with E-state index in [0.717, 1.165) is 25.5 Å². The third kappa shape index (κ3) is 4.19. The van der Waals surface area contributed by atoms with Gasteiger partial charge in [0.2, 0.25) is 0 Å². The van der Waals surface area contributed by atoms with Gasteiger partial charge in [0.05, 0.1) is 0 Å². The highest BCUT2D eigenvalue weighted by Gasteiger charge is 2.06. The van der Waals surface area contributed by atoms with Crippen molar-refractivity contribution in [2.75, 3.05) is 25.0 Å². The molecule has 1 atom stereocenters. The number of nitrogens with zero attached hydrogens (tertiary/aromatic N) is 2. The first-order chi connectivity index (χ1) is 7.65. The smallest absolute Gasteiger partial charge is 0.126 e. The third-order valence-electron chi connectivity index (χ3n) is 2.73. The molecule has 1 heterocycles. The molecule has 0 saturated heterocycles. The lowest BCUT2D eigenvalue weighted by atomic mass is 10.3. The zero-order chi connectivity index (χ0) is 12.0. The summed E-state index contributed by atoms with van der Waals surface area (Å²) in [6, 6.07) is 4.54. The van der Waals surface area contributed by atoms with Crippen molar-refractivity contribution < 1.29 is 0 Å². The first kappa shape index (κ1) is 13.0. The Morgan fingerprint density at radius 2 is 2.00 bits per heavy atom. The Kier molecular flexibility index (Phi) is 5.26. The zero-order valence-corrected chi connectivity index (χ0v) is 10.8. The van der Waals surface area contributed by atoms with Crippen molar-refractivity contribution >= 4 is 5.82 Å². The molecular weight excluding hydrogens is 198 g/mol. The molecule has 0 radical (unpaired) electrons. The highest BCUT2D eigenvalue weighted by atomic mass is 15.1. The first-order valence-corrected chi connectivity index (χ1v) is 6.07.